The first-order chi connectivity index (χ1) is 12.7. The van der Waals surface area contributed by atoms with Crippen molar-refractivity contribution in [3.05, 3.63) is 65.1 Å². The van der Waals surface area contributed by atoms with Crippen LogP contribution in [-0.2, 0) is 13.1 Å². The Balaban J connectivity index is 1.35. The van der Waals surface area contributed by atoms with Gasteiger partial charge in [0, 0.05) is 50.2 Å². The molecule has 4 rings (SSSR count). The van der Waals surface area contributed by atoms with Crippen molar-refractivity contribution in [1.29, 1.82) is 5.26 Å². The fraction of sp³-hybridized carbons (Fsp3) is 0.300. The average Bonchev–Trinajstić information content (AvgIpc) is 3.08. The summed E-state index contributed by atoms with van der Waals surface area (Å²) in [4.78, 5) is 4.58. The highest BCUT2D eigenvalue weighted by atomic mass is 19.1. The Hall–Kier alpha value is -2.75. The molecule has 3 aromatic rings. The summed E-state index contributed by atoms with van der Waals surface area (Å²) in [5, 5.41) is 14.1. The maximum absolute atomic E-state index is 14.1. The van der Waals surface area contributed by atoms with Crippen molar-refractivity contribution in [3.63, 3.8) is 0 Å². The van der Waals surface area contributed by atoms with Crippen LogP contribution in [0.3, 0.4) is 0 Å². The van der Waals surface area contributed by atoms with Crippen molar-refractivity contribution >= 4 is 11.0 Å². The van der Waals surface area contributed by atoms with Gasteiger partial charge in [-0.1, -0.05) is 23.4 Å². The van der Waals surface area contributed by atoms with E-state index in [4.69, 9.17) is 9.78 Å². The van der Waals surface area contributed by atoms with Crippen molar-refractivity contribution in [1.82, 2.24) is 15.0 Å². The van der Waals surface area contributed by atoms with Crippen LogP contribution in [0.5, 0.6) is 0 Å². The van der Waals surface area contributed by atoms with Gasteiger partial charge in [0.15, 0.2) is 5.58 Å². The number of rotatable bonds is 4. The van der Waals surface area contributed by atoms with Crippen molar-refractivity contribution < 1.29 is 8.91 Å². The van der Waals surface area contributed by atoms with E-state index in [0.717, 1.165) is 49.4 Å². The predicted molar refractivity (Wildman–Crippen MR) is 95.7 cm³/mol. The second-order valence-corrected chi connectivity index (χ2v) is 6.60. The highest BCUT2D eigenvalue weighted by molar-refractivity contribution is 5.79. The molecule has 0 unspecified atom stereocenters. The van der Waals surface area contributed by atoms with Gasteiger partial charge in [0.2, 0.25) is 0 Å². The van der Waals surface area contributed by atoms with Crippen LogP contribution in [0.25, 0.3) is 11.0 Å². The molecular formula is C20H19FN4O. The van der Waals surface area contributed by atoms with Crippen molar-refractivity contribution in [2.75, 3.05) is 26.2 Å². The van der Waals surface area contributed by atoms with Gasteiger partial charge in [-0.2, -0.15) is 5.26 Å². The second kappa shape index (κ2) is 7.24. The molecule has 5 nitrogen and oxygen atoms in total. The first kappa shape index (κ1) is 16.7. The summed E-state index contributed by atoms with van der Waals surface area (Å²) in [6.45, 7) is 4.87. The van der Waals surface area contributed by atoms with Crippen LogP contribution in [0.15, 0.2) is 47.0 Å². The zero-order valence-electron chi connectivity index (χ0n) is 14.4. The summed E-state index contributed by atoms with van der Waals surface area (Å²) < 4.78 is 19.4. The monoisotopic (exact) mass is 350 g/mol. The average molecular weight is 350 g/mol. The molecule has 1 fully saturated rings. The zero-order chi connectivity index (χ0) is 17.9. The lowest BCUT2D eigenvalue weighted by Crippen LogP contribution is -2.45. The fourth-order valence-corrected chi connectivity index (χ4v) is 3.36. The Kier molecular flexibility index (Phi) is 4.65. The molecule has 0 spiro atoms. The van der Waals surface area contributed by atoms with Crippen molar-refractivity contribution in [2.24, 2.45) is 0 Å². The van der Waals surface area contributed by atoms with Gasteiger partial charge in [0.1, 0.15) is 11.5 Å². The van der Waals surface area contributed by atoms with Gasteiger partial charge >= 0.3 is 0 Å². The minimum Gasteiger partial charge on any atom is -0.356 e. The number of halogens is 1. The second-order valence-electron chi connectivity index (χ2n) is 6.60. The SMILES string of the molecule is N#Cc1ccc(CN2CCN(Cc3noc4ccccc34)CC2)c(F)c1. The fourth-order valence-electron chi connectivity index (χ4n) is 3.36. The van der Waals surface area contributed by atoms with E-state index < -0.39 is 0 Å². The Bertz CT molecular complexity index is 954. The topological polar surface area (TPSA) is 56.3 Å². The number of aromatic nitrogens is 1. The normalized spacial score (nSPS) is 16.0. The predicted octanol–water partition coefficient (Wildman–Crippen LogP) is 3.16. The summed E-state index contributed by atoms with van der Waals surface area (Å²) in [5.41, 5.74) is 2.78. The Morgan fingerprint density at radius 2 is 1.77 bits per heavy atom. The standard InChI is InChI=1S/C20H19FN4O/c21-18-11-15(12-22)5-6-16(18)13-24-7-9-25(10-8-24)14-19-17-3-1-2-4-20(17)26-23-19/h1-6,11H,7-10,13-14H2. The minimum absolute atomic E-state index is 0.305. The van der Waals surface area contributed by atoms with E-state index >= 15 is 0 Å². The molecular weight excluding hydrogens is 331 g/mol. The molecule has 26 heavy (non-hydrogen) atoms. The third kappa shape index (κ3) is 3.45. The van der Waals surface area contributed by atoms with Gasteiger partial charge in [-0.05, 0) is 24.3 Å². The molecule has 0 atom stereocenters. The number of fused-ring (bicyclic) bond motifs is 1. The molecule has 0 radical (unpaired) electrons. The summed E-state index contributed by atoms with van der Waals surface area (Å²) >= 11 is 0. The van der Waals surface area contributed by atoms with E-state index in [9.17, 15) is 4.39 Å². The first-order valence-corrected chi connectivity index (χ1v) is 8.69. The van der Waals surface area contributed by atoms with Gasteiger partial charge in [-0.25, -0.2) is 4.39 Å². The number of hydrogen-bond acceptors (Lipinski definition) is 5. The number of hydrogen-bond donors (Lipinski definition) is 0. The molecule has 1 saturated heterocycles. The van der Waals surface area contributed by atoms with Crippen LogP contribution < -0.4 is 0 Å². The molecule has 0 N–H and O–H groups in total. The van der Waals surface area contributed by atoms with Crippen LogP contribution in [0, 0.1) is 17.1 Å². The summed E-state index contributed by atoms with van der Waals surface area (Å²) in [7, 11) is 0. The van der Waals surface area contributed by atoms with Gasteiger partial charge in [0.05, 0.1) is 11.6 Å². The molecule has 2 heterocycles. The minimum atomic E-state index is -0.305. The maximum atomic E-state index is 14.1. The highest BCUT2D eigenvalue weighted by Gasteiger charge is 2.20. The van der Waals surface area contributed by atoms with Gasteiger partial charge in [-0.15, -0.1) is 0 Å². The van der Waals surface area contributed by atoms with Crippen molar-refractivity contribution in [2.45, 2.75) is 13.1 Å². The van der Waals surface area contributed by atoms with Crippen LogP contribution in [-0.4, -0.2) is 41.1 Å². The largest absolute Gasteiger partial charge is 0.356 e. The Morgan fingerprint density at radius 3 is 2.50 bits per heavy atom. The van der Waals surface area contributed by atoms with E-state index in [1.807, 2.05) is 30.3 Å². The van der Waals surface area contributed by atoms with Gasteiger partial charge in [-0.3, -0.25) is 9.80 Å². The number of benzene rings is 2. The number of para-hydroxylation sites is 1. The molecule has 6 heteroatoms. The van der Waals surface area contributed by atoms with Crippen LogP contribution in [0.1, 0.15) is 16.8 Å². The van der Waals surface area contributed by atoms with E-state index in [1.54, 1.807) is 12.1 Å². The quantitative estimate of drug-likeness (QED) is 0.723. The molecule has 1 aliphatic heterocycles. The van der Waals surface area contributed by atoms with Crippen LogP contribution in [0.2, 0.25) is 0 Å². The van der Waals surface area contributed by atoms with Crippen molar-refractivity contribution in [3.8, 4) is 6.07 Å². The summed E-state index contributed by atoms with van der Waals surface area (Å²) in [5.74, 6) is -0.305. The highest BCUT2D eigenvalue weighted by Crippen LogP contribution is 2.20. The molecule has 0 saturated carbocycles. The van der Waals surface area contributed by atoms with E-state index in [-0.39, 0.29) is 5.82 Å². The number of piperazine rings is 1. The molecule has 1 aromatic heterocycles. The third-order valence-corrected chi connectivity index (χ3v) is 4.87. The molecule has 0 aliphatic carbocycles. The molecule has 2 aromatic carbocycles. The third-order valence-electron chi connectivity index (χ3n) is 4.87. The molecule has 0 amide bonds. The van der Waals surface area contributed by atoms with E-state index in [1.165, 1.54) is 6.07 Å². The van der Waals surface area contributed by atoms with E-state index in [0.29, 0.717) is 17.7 Å². The Morgan fingerprint density at radius 1 is 1.04 bits per heavy atom. The Labute approximate surface area is 151 Å². The first-order valence-electron chi connectivity index (χ1n) is 8.69. The van der Waals surface area contributed by atoms with Gasteiger partial charge in [0.25, 0.3) is 0 Å². The van der Waals surface area contributed by atoms with E-state index in [2.05, 4.69) is 15.0 Å². The zero-order valence-corrected chi connectivity index (χ0v) is 14.4. The lowest BCUT2D eigenvalue weighted by atomic mass is 10.1. The molecule has 1 aliphatic rings. The number of nitrogens with zero attached hydrogens (tertiary/aromatic N) is 4. The number of nitriles is 1. The van der Waals surface area contributed by atoms with Crippen LogP contribution in [0.4, 0.5) is 4.39 Å². The molecule has 0 bridgehead atoms. The van der Waals surface area contributed by atoms with Crippen LogP contribution >= 0.6 is 0 Å². The maximum Gasteiger partial charge on any atom is 0.167 e. The lowest BCUT2D eigenvalue weighted by Gasteiger charge is -2.34. The molecule has 132 valence electrons. The summed E-state index contributed by atoms with van der Waals surface area (Å²) in [6.07, 6.45) is 0. The lowest BCUT2D eigenvalue weighted by molar-refractivity contribution is 0.119. The van der Waals surface area contributed by atoms with Gasteiger partial charge < -0.3 is 4.52 Å². The summed E-state index contributed by atoms with van der Waals surface area (Å²) in [6, 6.07) is 14.5. The smallest absolute Gasteiger partial charge is 0.167 e.